The smallest absolute Gasteiger partial charge is 0.333 e. The van der Waals surface area contributed by atoms with Gasteiger partial charge in [-0.1, -0.05) is 23.7 Å². The average Bonchev–Trinajstić information content (AvgIpc) is 2.88. The summed E-state index contributed by atoms with van der Waals surface area (Å²) in [5.41, 5.74) is -0.511. The number of halogens is 1. The van der Waals surface area contributed by atoms with E-state index >= 15 is 0 Å². The lowest BCUT2D eigenvalue weighted by Crippen LogP contribution is -2.43. The first-order valence-corrected chi connectivity index (χ1v) is 7.99. The number of benzene rings is 1. The standard InChI is InChI=1S/C16H17ClN2O6/c17-10-3-1-9(2-4-10)7-19-12(21)5-6-18(16(19)24)15-14(23)13(22)11(8-20)25-15/h1-6,11,13-15,20,22-23H,7-8H2/t11-,13-,14-,15-/m1/s1. The van der Waals surface area contributed by atoms with Crippen molar-refractivity contribution in [2.24, 2.45) is 0 Å². The highest BCUT2D eigenvalue weighted by atomic mass is 35.5. The summed E-state index contributed by atoms with van der Waals surface area (Å²) < 4.78 is 7.36. The summed E-state index contributed by atoms with van der Waals surface area (Å²) in [4.78, 5) is 24.7. The molecule has 3 N–H and O–H groups in total. The van der Waals surface area contributed by atoms with Gasteiger partial charge in [0.25, 0.3) is 5.56 Å². The number of aromatic nitrogens is 2. The van der Waals surface area contributed by atoms with Gasteiger partial charge in [0.05, 0.1) is 13.2 Å². The summed E-state index contributed by atoms with van der Waals surface area (Å²) in [6, 6.07) is 7.85. The van der Waals surface area contributed by atoms with Crippen molar-refractivity contribution >= 4 is 11.6 Å². The molecule has 2 aromatic rings. The Balaban J connectivity index is 1.97. The minimum atomic E-state index is -1.41. The first-order chi connectivity index (χ1) is 11.9. The molecule has 0 amide bonds. The molecule has 25 heavy (non-hydrogen) atoms. The molecule has 0 spiro atoms. The quantitative estimate of drug-likeness (QED) is 0.659. The number of aliphatic hydroxyl groups is 3. The lowest BCUT2D eigenvalue weighted by molar-refractivity contribution is -0.0555. The van der Waals surface area contributed by atoms with Crippen molar-refractivity contribution in [2.75, 3.05) is 6.61 Å². The van der Waals surface area contributed by atoms with E-state index in [1.54, 1.807) is 24.3 Å². The van der Waals surface area contributed by atoms with Gasteiger partial charge in [-0.3, -0.25) is 13.9 Å². The summed E-state index contributed by atoms with van der Waals surface area (Å²) in [6.07, 6.45) is -3.75. The molecular weight excluding hydrogens is 352 g/mol. The first-order valence-electron chi connectivity index (χ1n) is 7.61. The number of ether oxygens (including phenoxy) is 1. The van der Waals surface area contributed by atoms with Gasteiger partial charge in [0.15, 0.2) is 6.23 Å². The Bertz CT molecular complexity index is 862. The van der Waals surface area contributed by atoms with Gasteiger partial charge < -0.3 is 20.1 Å². The third-order valence-electron chi connectivity index (χ3n) is 4.14. The zero-order valence-corrected chi connectivity index (χ0v) is 13.8. The van der Waals surface area contributed by atoms with Gasteiger partial charge >= 0.3 is 5.69 Å². The van der Waals surface area contributed by atoms with E-state index in [-0.39, 0.29) is 6.54 Å². The van der Waals surface area contributed by atoms with Crippen LogP contribution in [-0.2, 0) is 11.3 Å². The highest BCUT2D eigenvalue weighted by molar-refractivity contribution is 6.30. The van der Waals surface area contributed by atoms with Crippen molar-refractivity contribution in [1.29, 1.82) is 0 Å². The average molecular weight is 369 g/mol. The summed E-state index contributed by atoms with van der Waals surface area (Å²) in [6.45, 7) is -0.488. The zero-order chi connectivity index (χ0) is 18.1. The maximum absolute atomic E-state index is 12.7. The van der Waals surface area contributed by atoms with E-state index in [9.17, 15) is 19.8 Å². The Labute approximate surface area is 147 Å². The van der Waals surface area contributed by atoms with E-state index in [0.29, 0.717) is 10.6 Å². The van der Waals surface area contributed by atoms with Crippen LogP contribution in [-0.4, -0.2) is 49.4 Å². The van der Waals surface area contributed by atoms with Crippen LogP contribution in [0.2, 0.25) is 5.02 Å². The molecule has 0 unspecified atom stereocenters. The SMILES string of the molecule is O=c1ccn([C@@H]2O[C@H](CO)[C@@H](O)[C@H]2O)c(=O)n1Cc1ccc(Cl)cc1. The molecule has 8 nitrogen and oxygen atoms in total. The van der Waals surface area contributed by atoms with Gasteiger partial charge in [0.1, 0.15) is 18.3 Å². The zero-order valence-electron chi connectivity index (χ0n) is 13.0. The van der Waals surface area contributed by atoms with Crippen molar-refractivity contribution in [2.45, 2.75) is 31.1 Å². The fraction of sp³-hybridized carbons (Fsp3) is 0.375. The molecule has 9 heteroatoms. The van der Waals surface area contributed by atoms with Gasteiger partial charge in [-0.2, -0.15) is 0 Å². The monoisotopic (exact) mass is 368 g/mol. The third-order valence-corrected chi connectivity index (χ3v) is 4.39. The van der Waals surface area contributed by atoms with Crippen LogP contribution in [0.15, 0.2) is 46.1 Å². The molecule has 3 rings (SSSR count). The second kappa shape index (κ2) is 7.11. The topological polar surface area (TPSA) is 114 Å². The Morgan fingerprint density at radius 1 is 1.08 bits per heavy atom. The number of aliphatic hydroxyl groups excluding tert-OH is 3. The second-order valence-electron chi connectivity index (χ2n) is 5.79. The van der Waals surface area contributed by atoms with Crippen LogP contribution < -0.4 is 11.2 Å². The number of nitrogens with zero attached hydrogens (tertiary/aromatic N) is 2. The van der Waals surface area contributed by atoms with Crippen LogP contribution in [0, 0.1) is 0 Å². The number of hydrogen-bond acceptors (Lipinski definition) is 6. The molecule has 134 valence electrons. The van der Waals surface area contributed by atoms with Crippen molar-refractivity contribution in [1.82, 2.24) is 9.13 Å². The molecule has 4 atom stereocenters. The summed E-state index contributed by atoms with van der Waals surface area (Å²) >= 11 is 5.82. The predicted octanol–water partition coefficient (Wildman–Crippen LogP) is -0.677. The van der Waals surface area contributed by atoms with E-state index < -0.39 is 42.4 Å². The minimum Gasteiger partial charge on any atom is -0.394 e. The lowest BCUT2D eigenvalue weighted by Gasteiger charge is -2.18. The maximum Gasteiger partial charge on any atom is 0.333 e. The van der Waals surface area contributed by atoms with Crippen molar-refractivity contribution in [3.05, 3.63) is 68.0 Å². The summed E-state index contributed by atoms with van der Waals surface area (Å²) in [5.74, 6) is 0. The van der Waals surface area contributed by atoms with Crippen molar-refractivity contribution in [3.8, 4) is 0 Å². The molecule has 0 bridgehead atoms. The van der Waals surface area contributed by atoms with E-state index in [2.05, 4.69) is 0 Å². The molecule has 1 aromatic heterocycles. The van der Waals surface area contributed by atoms with Crippen molar-refractivity contribution in [3.63, 3.8) is 0 Å². The predicted molar refractivity (Wildman–Crippen MR) is 88.5 cm³/mol. The highest BCUT2D eigenvalue weighted by Crippen LogP contribution is 2.27. The molecule has 1 aromatic carbocycles. The summed E-state index contributed by atoms with van der Waals surface area (Å²) in [7, 11) is 0. The Kier molecular flexibility index (Phi) is 5.07. The Morgan fingerprint density at radius 3 is 2.36 bits per heavy atom. The van der Waals surface area contributed by atoms with Crippen LogP contribution in [0.1, 0.15) is 11.8 Å². The van der Waals surface area contributed by atoms with E-state index in [4.69, 9.17) is 21.4 Å². The normalized spacial score (nSPS) is 26.1. The maximum atomic E-state index is 12.7. The minimum absolute atomic E-state index is 0.0183. The third kappa shape index (κ3) is 3.39. The van der Waals surface area contributed by atoms with Crippen molar-refractivity contribution < 1.29 is 20.1 Å². The summed E-state index contributed by atoms with van der Waals surface area (Å²) in [5, 5.41) is 29.6. The number of rotatable bonds is 4. The molecule has 1 aliphatic heterocycles. The second-order valence-corrected chi connectivity index (χ2v) is 6.22. The van der Waals surface area contributed by atoms with Gasteiger partial charge in [-0.15, -0.1) is 0 Å². The first kappa shape index (κ1) is 17.8. The molecule has 1 saturated heterocycles. The number of hydrogen-bond donors (Lipinski definition) is 3. The van der Waals surface area contributed by atoms with Crippen LogP contribution in [0.5, 0.6) is 0 Å². The van der Waals surface area contributed by atoms with Gasteiger partial charge in [0.2, 0.25) is 0 Å². The fourth-order valence-corrected chi connectivity index (χ4v) is 2.88. The Morgan fingerprint density at radius 2 is 1.76 bits per heavy atom. The molecule has 0 saturated carbocycles. The molecule has 1 aliphatic rings. The van der Waals surface area contributed by atoms with Crippen LogP contribution in [0.4, 0.5) is 0 Å². The largest absolute Gasteiger partial charge is 0.394 e. The van der Waals surface area contributed by atoms with Crippen LogP contribution in [0.3, 0.4) is 0 Å². The molecule has 0 radical (unpaired) electrons. The molecular formula is C16H17ClN2O6. The van der Waals surface area contributed by atoms with E-state index in [0.717, 1.165) is 9.13 Å². The van der Waals surface area contributed by atoms with Crippen LogP contribution in [0.25, 0.3) is 0 Å². The highest BCUT2D eigenvalue weighted by Gasteiger charge is 2.43. The molecule has 2 heterocycles. The van der Waals surface area contributed by atoms with Gasteiger partial charge in [-0.25, -0.2) is 4.79 Å². The lowest BCUT2D eigenvalue weighted by atomic mass is 10.1. The fourth-order valence-electron chi connectivity index (χ4n) is 2.75. The molecule has 0 aliphatic carbocycles. The van der Waals surface area contributed by atoms with Gasteiger partial charge in [0, 0.05) is 17.3 Å². The van der Waals surface area contributed by atoms with E-state index in [1.165, 1.54) is 12.3 Å². The Hall–Kier alpha value is -1.97. The van der Waals surface area contributed by atoms with Gasteiger partial charge in [-0.05, 0) is 17.7 Å². The van der Waals surface area contributed by atoms with E-state index in [1.807, 2.05) is 0 Å². The van der Waals surface area contributed by atoms with Crippen LogP contribution >= 0.6 is 11.6 Å². The molecule has 1 fully saturated rings.